The van der Waals surface area contributed by atoms with Gasteiger partial charge in [-0.2, -0.15) is 0 Å². The van der Waals surface area contributed by atoms with Crippen LogP contribution in [0.25, 0.3) is 11.1 Å². The highest BCUT2D eigenvalue weighted by molar-refractivity contribution is 5.98. The van der Waals surface area contributed by atoms with Gasteiger partial charge in [0.05, 0.1) is 12.7 Å². The molecule has 5 nitrogen and oxygen atoms in total. The molecule has 0 fully saturated rings. The maximum absolute atomic E-state index is 11.9. The second-order valence-corrected chi connectivity index (χ2v) is 5.35. The van der Waals surface area contributed by atoms with Gasteiger partial charge in [0.1, 0.15) is 11.8 Å². The lowest BCUT2D eigenvalue weighted by Gasteiger charge is -2.24. The summed E-state index contributed by atoms with van der Waals surface area (Å²) in [5.74, 6) is 6.70. The molecule has 0 aliphatic carbocycles. The maximum atomic E-state index is 11.9. The molecule has 0 bridgehead atoms. The smallest absolute Gasteiger partial charge is 0.231 e. The number of carbonyl (C=O) groups is 1. The summed E-state index contributed by atoms with van der Waals surface area (Å²) in [6.07, 6.45) is 1.92. The molecule has 5 heteroatoms. The molecule has 0 saturated heterocycles. The van der Waals surface area contributed by atoms with E-state index in [1.807, 2.05) is 37.3 Å². The Morgan fingerprint density at radius 2 is 2.17 bits per heavy atom. The van der Waals surface area contributed by atoms with Crippen molar-refractivity contribution in [1.82, 2.24) is 4.90 Å². The van der Waals surface area contributed by atoms with Gasteiger partial charge in [0.25, 0.3) is 0 Å². The number of rotatable bonds is 2. The standard InChI is InChI=1S/C18H17N3O2/c1-3-5-12-6-4-7-13(8-12)14-9-16(23-11-14)15-10-17(22)21(2)18(19)20-15/h4,6-9,11,15H,10H2,1-2H3,(H2,19,20)/t15-/m0/s1. The van der Waals surface area contributed by atoms with Crippen molar-refractivity contribution in [1.29, 1.82) is 0 Å². The fraction of sp³-hybridized carbons (Fsp3) is 0.222. The molecule has 0 unspecified atom stereocenters. The van der Waals surface area contributed by atoms with E-state index in [2.05, 4.69) is 16.8 Å². The van der Waals surface area contributed by atoms with Crippen LogP contribution in [0.4, 0.5) is 0 Å². The minimum Gasteiger partial charge on any atom is -0.466 e. The number of amides is 1. The maximum Gasteiger partial charge on any atom is 0.231 e. The van der Waals surface area contributed by atoms with E-state index >= 15 is 0 Å². The van der Waals surface area contributed by atoms with Gasteiger partial charge in [-0.15, -0.1) is 5.92 Å². The highest BCUT2D eigenvalue weighted by Gasteiger charge is 2.27. The Morgan fingerprint density at radius 3 is 2.91 bits per heavy atom. The van der Waals surface area contributed by atoms with E-state index in [1.165, 1.54) is 4.90 Å². The van der Waals surface area contributed by atoms with Gasteiger partial charge in [0.2, 0.25) is 5.91 Å². The lowest BCUT2D eigenvalue weighted by atomic mass is 10.0. The molecule has 1 aliphatic heterocycles. The van der Waals surface area contributed by atoms with E-state index in [4.69, 9.17) is 10.2 Å². The van der Waals surface area contributed by atoms with Gasteiger partial charge >= 0.3 is 0 Å². The first-order chi connectivity index (χ1) is 11.1. The predicted octanol–water partition coefficient (Wildman–Crippen LogP) is 2.54. The first-order valence-corrected chi connectivity index (χ1v) is 7.30. The van der Waals surface area contributed by atoms with E-state index in [1.54, 1.807) is 13.3 Å². The van der Waals surface area contributed by atoms with Crippen LogP contribution in [-0.4, -0.2) is 23.8 Å². The Balaban J connectivity index is 1.90. The topological polar surface area (TPSA) is 71.8 Å². The van der Waals surface area contributed by atoms with Crippen molar-refractivity contribution in [2.75, 3.05) is 7.05 Å². The second kappa shape index (κ2) is 6.01. The van der Waals surface area contributed by atoms with Crippen LogP contribution in [0.2, 0.25) is 0 Å². The lowest BCUT2D eigenvalue weighted by molar-refractivity contribution is -0.127. The van der Waals surface area contributed by atoms with Crippen molar-refractivity contribution >= 4 is 11.9 Å². The van der Waals surface area contributed by atoms with Gasteiger partial charge in [-0.25, -0.2) is 4.99 Å². The van der Waals surface area contributed by atoms with Crippen molar-refractivity contribution in [2.24, 2.45) is 10.7 Å². The average Bonchev–Trinajstić information content (AvgIpc) is 3.03. The van der Waals surface area contributed by atoms with Gasteiger partial charge in [0.15, 0.2) is 5.96 Å². The Bertz CT molecular complexity index is 839. The van der Waals surface area contributed by atoms with Crippen LogP contribution in [0.5, 0.6) is 0 Å². The molecule has 2 heterocycles. The lowest BCUT2D eigenvalue weighted by Crippen LogP contribution is -2.42. The van der Waals surface area contributed by atoms with Crippen LogP contribution in [0.3, 0.4) is 0 Å². The Morgan fingerprint density at radius 1 is 1.35 bits per heavy atom. The first kappa shape index (κ1) is 14.9. The van der Waals surface area contributed by atoms with Gasteiger partial charge in [-0.1, -0.05) is 18.1 Å². The third-order valence-electron chi connectivity index (χ3n) is 3.79. The zero-order valence-electron chi connectivity index (χ0n) is 13.0. The van der Waals surface area contributed by atoms with E-state index in [9.17, 15) is 4.79 Å². The Hall–Kier alpha value is -3.00. The van der Waals surface area contributed by atoms with E-state index < -0.39 is 0 Å². The molecule has 1 amide bonds. The molecule has 3 rings (SSSR count). The number of nitrogens with zero attached hydrogens (tertiary/aromatic N) is 2. The van der Waals surface area contributed by atoms with E-state index in [0.29, 0.717) is 5.76 Å². The van der Waals surface area contributed by atoms with Gasteiger partial charge in [-0.3, -0.25) is 9.69 Å². The van der Waals surface area contributed by atoms with Crippen molar-refractivity contribution in [3.8, 4) is 23.0 Å². The van der Waals surface area contributed by atoms with Crippen LogP contribution in [0, 0.1) is 11.8 Å². The van der Waals surface area contributed by atoms with Gasteiger partial charge in [0, 0.05) is 18.2 Å². The molecule has 1 aromatic carbocycles. The highest BCUT2D eigenvalue weighted by atomic mass is 16.3. The Labute approximate surface area is 134 Å². The predicted molar refractivity (Wildman–Crippen MR) is 88.4 cm³/mol. The van der Waals surface area contributed by atoms with Crippen LogP contribution in [-0.2, 0) is 4.79 Å². The number of aliphatic imine (C=N–C) groups is 1. The van der Waals surface area contributed by atoms with Crippen molar-refractivity contribution in [2.45, 2.75) is 19.4 Å². The van der Waals surface area contributed by atoms with E-state index in [0.717, 1.165) is 16.7 Å². The van der Waals surface area contributed by atoms with Gasteiger partial charge in [-0.05, 0) is 30.7 Å². The average molecular weight is 307 g/mol. The molecule has 2 N–H and O–H groups in total. The fourth-order valence-electron chi connectivity index (χ4n) is 2.49. The third kappa shape index (κ3) is 2.97. The highest BCUT2D eigenvalue weighted by Crippen LogP contribution is 2.31. The fourth-order valence-corrected chi connectivity index (χ4v) is 2.49. The molecule has 0 saturated carbocycles. The molecule has 23 heavy (non-hydrogen) atoms. The molecule has 1 atom stereocenters. The molecule has 0 radical (unpaired) electrons. The molecule has 1 aliphatic rings. The zero-order valence-corrected chi connectivity index (χ0v) is 13.0. The largest absolute Gasteiger partial charge is 0.466 e. The molecule has 116 valence electrons. The third-order valence-corrected chi connectivity index (χ3v) is 3.79. The number of carbonyl (C=O) groups excluding carboxylic acids is 1. The quantitative estimate of drug-likeness (QED) is 0.867. The zero-order chi connectivity index (χ0) is 16.4. The molecular formula is C18H17N3O2. The normalized spacial score (nSPS) is 17.5. The summed E-state index contributed by atoms with van der Waals surface area (Å²) in [5.41, 5.74) is 8.66. The second-order valence-electron chi connectivity index (χ2n) is 5.35. The number of hydrogen-bond acceptors (Lipinski definition) is 4. The molecule has 2 aromatic rings. The van der Waals surface area contributed by atoms with Crippen molar-refractivity contribution < 1.29 is 9.21 Å². The van der Waals surface area contributed by atoms with Crippen LogP contribution in [0.1, 0.15) is 30.7 Å². The van der Waals surface area contributed by atoms with Crippen LogP contribution in [0.15, 0.2) is 46.0 Å². The number of nitrogens with two attached hydrogens (primary N) is 1. The van der Waals surface area contributed by atoms with Crippen molar-refractivity contribution in [3.05, 3.63) is 47.9 Å². The summed E-state index contributed by atoms with van der Waals surface area (Å²) >= 11 is 0. The molecular weight excluding hydrogens is 290 g/mol. The first-order valence-electron chi connectivity index (χ1n) is 7.30. The van der Waals surface area contributed by atoms with Crippen LogP contribution >= 0.6 is 0 Å². The molecule has 1 aromatic heterocycles. The summed E-state index contributed by atoms with van der Waals surface area (Å²) < 4.78 is 5.62. The van der Waals surface area contributed by atoms with Crippen LogP contribution < -0.4 is 5.73 Å². The Kier molecular flexibility index (Phi) is 3.90. The summed E-state index contributed by atoms with van der Waals surface area (Å²) in [6, 6.07) is 9.44. The molecule has 0 spiro atoms. The minimum absolute atomic E-state index is 0.0688. The van der Waals surface area contributed by atoms with E-state index in [-0.39, 0.29) is 24.3 Å². The summed E-state index contributed by atoms with van der Waals surface area (Å²) in [4.78, 5) is 17.6. The number of furan rings is 1. The number of benzene rings is 1. The summed E-state index contributed by atoms with van der Waals surface area (Å²) in [7, 11) is 1.62. The number of guanidine groups is 1. The van der Waals surface area contributed by atoms with Crippen molar-refractivity contribution in [3.63, 3.8) is 0 Å². The monoisotopic (exact) mass is 307 g/mol. The summed E-state index contributed by atoms with van der Waals surface area (Å²) in [6.45, 7) is 1.81. The number of hydrogen-bond donors (Lipinski definition) is 1. The minimum atomic E-state index is -0.369. The SMILES string of the molecule is CC#Cc1cccc(-c2coc([C@@H]3CC(=O)N(C)C(N)=N3)c2)c1. The summed E-state index contributed by atoms with van der Waals surface area (Å²) in [5, 5.41) is 0. The van der Waals surface area contributed by atoms with Gasteiger partial charge < -0.3 is 10.2 Å².